The van der Waals surface area contributed by atoms with E-state index in [1.807, 2.05) is 0 Å². The van der Waals surface area contributed by atoms with E-state index in [1.54, 1.807) is 0 Å². The average Bonchev–Trinajstić information content (AvgIpc) is 1.88. The van der Waals surface area contributed by atoms with E-state index in [9.17, 15) is 9.59 Å². The molecule has 0 aromatic carbocycles. The lowest BCUT2D eigenvalue weighted by Crippen LogP contribution is -2.36. The Labute approximate surface area is 64.8 Å². The molecule has 1 heterocycles. The standard InChI is InChI=1S/C6H9NO2S/c8-5-3-1-2-4-7(5)6(9)10/h1-4H2,(H,9,10). The number of rotatable bonds is 0. The Hall–Kier alpha value is -0.510. The average molecular weight is 159 g/mol. The van der Waals surface area contributed by atoms with Gasteiger partial charge in [-0.05, 0) is 12.8 Å². The minimum atomic E-state index is -0.426. The summed E-state index contributed by atoms with van der Waals surface area (Å²) in [5, 5.41) is -0.426. The van der Waals surface area contributed by atoms with Crippen LogP contribution in [0, 0.1) is 0 Å². The Bertz CT molecular complexity index is 169. The van der Waals surface area contributed by atoms with Crippen molar-refractivity contribution in [2.75, 3.05) is 6.54 Å². The first-order valence-electron chi connectivity index (χ1n) is 3.25. The quantitative estimate of drug-likeness (QED) is 0.536. The highest BCUT2D eigenvalue weighted by Gasteiger charge is 2.21. The Morgan fingerprint density at radius 2 is 2.20 bits per heavy atom. The Balaban J connectivity index is 2.56. The number of carbonyl (C=O) groups excluding carboxylic acids is 2. The highest BCUT2D eigenvalue weighted by Crippen LogP contribution is 2.11. The molecule has 1 rings (SSSR count). The van der Waals surface area contributed by atoms with Crippen LogP contribution in [0.25, 0.3) is 0 Å². The molecule has 0 N–H and O–H groups in total. The molecule has 1 saturated heterocycles. The monoisotopic (exact) mass is 159 g/mol. The first-order chi connectivity index (χ1) is 4.72. The van der Waals surface area contributed by atoms with E-state index in [0.717, 1.165) is 12.8 Å². The summed E-state index contributed by atoms with van der Waals surface area (Å²) in [6.45, 7) is 0.543. The molecular weight excluding hydrogens is 150 g/mol. The van der Waals surface area contributed by atoms with E-state index in [-0.39, 0.29) is 5.91 Å². The van der Waals surface area contributed by atoms with Crippen LogP contribution in [-0.4, -0.2) is 22.6 Å². The van der Waals surface area contributed by atoms with Crippen molar-refractivity contribution >= 4 is 23.8 Å². The van der Waals surface area contributed by atoms with Crippen molar-refractivity contribution in [1.82, 2.24) is 4.90 Å². The molecule has 4 heteroatoms. The van der Waals surface area contributed by atoms with Gasteiger partial charge in [0.25, 0.3) is 5.24 Å². The summed E-state index contributed by atoms with van der Waals surface area (Å²) in [6, 6.07) is 0. The summed E-state index contributed by atoms with van der Waals surface area (Å²) in [6.07, 6.45) is 2.31. The van der Waals surface area contributed by atoms with Gasteiger partial charge in [0.2, 0.25) is 5.91 Å². The molecule has 0 aromatic heterocycles. The van der Waals surface area contributed by atoms with Crippen LogP contribution in [0.1, 0.15) is 19.3 Å². The first kappa shape index (κ1) is 7.60. The number of imide groups is 1. The normalized spacial score (nSPS) is 19.3. The van der Waals surface area contributed by atoms with Gasteiger partial charge in [-0.1, -0.05) is 12.6 Å². The molecule has 56 valence electrons. The van der Waals surface area contributed by atoms with E-state index < -0.39 is 5.24 Å². The molecular formula is C6H9NO2S. The van der Waals surface area contributed by atoms with Gasteiger partial charge in [-0.15, -0.1) is 0 Å². The van der Waals surface area contributed by atoms with Crippen LogP contribution in [0.3, 0.4) is 0 Å². The van der Waals surface area contributed by atoms with Gasteiger partial charge in [-0.3, -0.25) is 14.5 Å². The molecule has 0 radical (unpaired) electrons. The summed E-state index contributed by atoms with van der Waals surface area (Å²) in [5.74, 6) is -0.0914. The fourth-order valence-corrected chi connectivity index (χ4v) is 1.22. The zero-order valence-corrected chi connectivity index (χ0v) is 6.43. The van der Waals surface area contributed by atoms with Gasteiger partial charge in [0.15, 0.2) is 0 Å². The molecule has 0 unspecified atom stereocenters. The van der Waals surface area contributed by atoms with Crippen LogP contribution < -0.4 is 0 Å². The first-order valence-corrected chi connectivity index (χ1v) is 3.70. The smallest absolute Gasteiger partial charge is 0.274 e. The SMILES string of the molecule is O=C(S)N1CCCCC1=O. The lowest BCUT2D eigenvalue weighted by Gasteiger charge is -2.22. The van der Waals surface area contributed by atoms with E-state index in [0.29, 0.717) is 13.0 Å². The Kier molecular flexibility index (Phi) is 2.32. The van der Waals surface area contributed by atoms with Crippen molar-refractivity contribution in [3.05, 3.63) is 0 Å². The largest absolute Gasteiger partial charge is 0.285 e. The Morgan fingerprint density at radius 3 is 2.60 bits per heavy atom. The van der Waals surface area contributed by atoms with Gasteiger partial charge in [-0.25, -0.2) is 0 Å². The molecule has 0 bridgehead atoms. The number of amides is 2. The second-order valence-electron chi connectivity index (χ2n) is 2.29. The Morgan fingerprint density at radius 1 is 1.50 bits per heavy atom. The predicted molar refractivity (Wildman–Crippen MR) is 39.9 cm³/mol. The summed E-state index contributed by atoms with van der Waals surface area (Å²) < 4.78 is 0. The molecule has 2 amide bonds. The maximum absolute atomic E-state index is 10.9. The number of likely N-dealkylation sites (tertiary alicyclic amines) is 1. The van der Waals surface area contributed by atoms with Crippen molar-refractivity contribution in [3.63, 3.8) is 0 Å². The molecule has 1 fully saturated rings. The summed E-state index contributed by atoms with van der Waals surface area (Å²) in [5.41, 5.74) is 0. The summed E-state index contributed by atoms with van der Waals surface area (Å²) in [7, 11) is 0. The van der Waals surface area contributed by atoms with Gasteiger partial charge >= 0.3 is 0 Å². The van der Waals surface area contributed by atoms with E-state index in [4.69, 9.17) is 0 Å². The zero-order chi connectivity index (χ0) is 7.56. The van der Waals surface area contributed by atoms with Crippen molar-refractivity contribution in [3.8, 4) is 0 Å². The van der Waals surface area contributed by atoms with Crippen molar-refractivity contribution in [2.24, 2.45) is 0 Å². The van der Waals surface area contributed by atoms with Crippen molar-refractivity contribution in [2.45, 2.75) is 19.3 Å². The molecule has 0 aromatic rings. The van der Waals surface area contributed by atoms with Crippen LogP contribution in [-0.2, 0) is 4.79 Å². The molecule has 3 nitrogen and oxygen atoms in total. The van der Waals surface area contributed by atoms with Crippen LogP contribution in [0.4, 0.5) is 4.79 Å². The third-order valence-electron chi connectivity index (χ3n) is 1.55. The fraction of sp³-hybridized carbons (Fsp3) is 0.667. The maximum Gasteiger partial charge on any atom is 0.285 e. The molecule has 0 saturated carbocycles. The van der Waals surface area contributed by atoms with Crippen molar-refractivity contribution < 1.29 is 9.59 Å². The summed E-state index contributed by atoms with van der Waals surface area (Å²) >= 11 is 3.57. The van der Waals surface area contributed by atoms with Crippen molar-refractivity contribution in [1.29, 1.82) is 0 Å². The number of nitrogens with zero attached hydrogens (tertiary/aromatic N) is 1. The highest BCUT2D eigenvalue weighted by molar-refractivity contribution is 7.96. The third kappa shape index (κ3) is 1.50. The van der Waals surface area contributed by atoms with Crippen LogP contribution in [0.5, 0.6) is 0 Å². The number of carbonyl (C=O) groups is 2. The van der Waals surface area contributed by atoms with E-state index >= 15 is 0 Å². The number of hydrogen-bond donors (Lipinski definition) is 1. The lowest BCUT2D eigenvalue weighted by atomic mass is 10.1. The third-order valence-corrected chi connectivity index (χ3v) is 1.80. The fourth-order valence-electron chi connectivity index (χ4n) is 1.01. The minimum absolute atomic E-state index is 0.0914. The van der Waals surface area contributed by atoms with Gasteiger partial charge in [0.05, 0.1) is 0 Å². The molecule has 0 atom stereocenters. The molecule has 1 aliphatic heterocycles. The van der Waals surface area contributed by atoms with Gasteiger partial charge in [0, 0.05) is 13.0 Å². The number of piperidine rings is 1. The topological polar surface area (TPSA) is 37.4 Å². The van der Waals surface area contributed by atoms with Crippen LogP contribution in [0.2, 0.25) is 0 Å². The van der Waals surface area contributed by atoms with Crippen LogP contribution >= 0.6 is 12.6 Å². The second-order valence-corrected chi connectivity index (χ2v) is 2.67. The predicted octanol–water partition coefficient (Wildman–Crippen LogP) is 1.05. The van der Waals surface area contributed by atoms with Gasteiger partial charge in [0.1, 0.15) is 0 Å². The van der Waals surface area contributed by atoms with Gasteiger partial charge < -0.3 is 0 Å². The van der Waals surface area contributed by atoms with E-state index in [2.05, 4.69) is 12.6 Å². The minimum Gasteiger partial charge on any atom is -0.274 e. The molecule has 0 aliphatic carbocycles. The molecule has 0 spiro atoms. The zero-order valence-electron chi connectivity index (χ0n) is 5.54. The maximum atomic E-state index is 10.9. The molecule has 10 heavy (non-hydrogen) atoms. The molecule has 1 aliphatic rings. The highest BCUT2D eigenvalue weighted by atomic mass is 32.1. The number of thiol groups is 1. The van der Waals surface area contributed by atoms with Crippen LogP contribution in [0.15, 0.2) is 0 Å². The van der Waals surface area contributed by atoms with E-state index in [1.165, 1.54) is 4.90 Å². The number of hydrogen-bond acceptors (Lipinski definition) is 2. The lowest BCUT2D eigenvalue weighted by molar-refractivity contribution is -0.129. The second kappa shape index (κ2) is 3.05. The summed E-state index contributed by atoms with van der Waals surface area (Å²) in [4.78, 5) is 22.7. The van der Waals surface area contributed by atoms with Gasteiger partial charge in [-0.2, -0.15) is 0 Å².